The number of unbranched alkanes of at least 4 members (excludes halogenated alkanes) is 1. The molecular weight excluding hydrogens is 310 g/mol. The summed E-state index contributed by atoms with van der Waals surface area (Å²) in [6, 6.07) is 10.3. The molecule has 0 atom stereocenters. The van der Waals surface area contributed by atoms with Gasteiger partial charge in [-0.2, -0.15) is 0 Å². The fourth-order valence-corrected chi connectivity index (χ4v) is 2.97. The molecule has 0 saturated carbocycles. The molecule has 0 aliphatic rings. The summed E-state index contributed by atoms with van der Waals surface area (Å²) in [5.41, 5.74) is 4.60. The minimum absolute atomic E-state index is 0.380. The minimum atomic E-state index is 0.380. The number of ether oxygens (including phenoxy) is 2. The van der Waals surface area contributed by atoms with E-state index in [1.165, 1.54) is 12.8 Å². The Bertz CT molecular complexity index is 684. The van der Waals surface area contributed by atoms with Crippen molar-refractivity contribution in [2.75, 3.05) is 19.0 Å². The van der Waals surface area contributed by atoms with Gasteiger partial charge >= 0.3 is 0 Å². The van der Waals surface area contributed by atoms with Crippen molar-refractivity contribution in [1.82, 2.24) is 0 Å². The molecule has 0 aliphatic carbocycles. The number of hydrogen-bond acceptors (Lipinski definition) is 3. The number of rotatable bonds is 8. The van der Waals surface area contributed by atoms with Gasteiger partial charge in [0.15, 0.2) is 0 Å². The number of benzene rings is 2. The number of hydrogen-bond donors (Lipinski definition) is 1. The highest BCUT2D eigenvalue weighted by molar-refractivity contribution is 5.56. The molecular formula is C22H31NO2. The molecule has 0 fully saturated rings. The molecule has 0 aliphatic heterocycles. The van der Waals surface area contributed by atoms with E-state index in [0.29, 0.717) is 5.92 Å². The zero-order chi connectivity index (χ0) is 18.4. The summed E-state index contributed by atoms with van der Waals surface area (Å²) in [7, 11) is 1.71. The van der Waals surface area contributed by atoms with Crippen LogP contribution in [0.1, 0.15) is 56.2 Å². The number of anilines is 1. The maximum absolute atomic E-state index is 6.23. The molecule has 0 unspecified atom stereocenters. The number of nitrogens with one attached hydrogen (secondary N) is 1. The van der Waals surface area contributed by atoms with Crippen LogP contribution in [0.3, 0.4) is 0 Å². The van der Waals surface area contributed by atoms with E-state index in [4.69, 9.17) is 9.47 Å². The van der Waals surface area contributed by atoms with E-state index in [-0.39, 0.29) is 0 Å². The van der Waals surface area contributed by atoms with Gasteiger partial charge in [0.2, 0.25) is 0 Å². The van der Waals surface area contributed by atoms with Crippen molar-refractivity contribution in [3.63, 3.8) is 0 Å². The van der Waals surface area contributed by atoms with Crippen molar-refractivity contribution < 1.29 is 9.47 Å². The highest BCUT2D eigenvalue weighted by atomic mass is 16.5. The molecule has 0 saturated heterocycles. The van der Waals surface area contributed by atoms with E-state index < -0.39 is 0 Å². The third-order valence-corrected chi connectivity index (χ3v) is 4.36. The van der Waals surface area contributed by atoms with E-state index in [0.717, 1.165) is 46.2 Å². The molecule has 136 valence electrons. The Balaban J connectivity index is 2.24. The molecule has 0 aromatic heterocycles. The van der Waals surface area contributed by atoms with Crippen LogP contribution in [-0.4, -0.2) is 13.7 Å². The Kier molecular flexibility index (Phi) is 6.74. The van der Waals surface area contributed by atoms with Gasteiger partial charge in [-0.05, 0) is 67.6 Å². The summed E-state index contributed by atoms with van der Waals surface area (Å²) in [4.78, 5) is 0. The first kappa shape index (κ1) is 19.2. The lowest BCUT2D eigenvalue weighted by Crippen LogP contribution is -2.02. The summed E-state index contributed by atoms with van der Waals surface area (Å²) in [5.74, 6) is 3.07. The van der Waals surface area contributed by atoms with Gasteiger partial charge in [0, 0.05) is 17.8 Å². The van der Waals surface area contributed by atoms with E-state index in [1.807, 2.05) is 12.1 Å². The van der Waals surface area contributed by atoms with Gasteiger partial charge in [-0.3, -0.25) is 0 Å². The standard InChI is InChI=1S/C22H31NO2/c1-7-8-11-23-18-12-16(4)22(17(5)13-18)25-19-9-10-21(24-6)20(14-19)15(2)3/h9-10,12-15,23H,7-8,11H2,1-6H3. The first-order valence-electron chi connectivity index (χ1n) is 9.17. The number of methoxy groups -OCH3 is 1. The highest BCUT2D eigenvalue weighted by Gasteiger charge is 2.12. The zero-order valence-corrected chi connectivity index (χ0v) is 16.4. The van der Waals surface area contributed by atoms with E-state index >= 15 is 0 Å². The molecule has 3 heteroatoms. The molecule has 0 bridgehead atoms. The van der Waals surface area contributed by atoms with Crippen molar-refractivity contribution in [2.45, 2.75) is 53.4 Å². The Hall–Kier alpha value is -2.16. The predicted octanol–water partition coefficient (Wildman–Crippen LogP) is 6.44. The topological polar surface area (TPSA) is 30.5 Å². The molecule has 2 aromatic carbocycles. The largest absolute Gasteiger partial charge is 0.496 e. The fourth-order valence-electron chi connectivity index (χ4n) is 2.97. The fraction of sp³-hybridized carbons (Fsp3) is 0.455. The van der Waals surface area contributed by atoms with Gasteiger partial charge < -0.3 is 14.8 Å². The van der Waals surface area contributed by atoms with Crippen LogP contribution in [0.2, 0.25) is 0 Å². The van der Waals surface area contributed by atoms with E-state index in [9.17, 15) is 0 Å². The quantitative estimate of drug-likeness (QED) is 0.560. The summed E-state index contributed by atoms with van der Waals surface area (Å²) >= 11 is 0. The monoisotopic (exact) mass is 341 g/mol. The Morgan fingerprint density at radius 2 is 1.72 bits per heavy atom. The minimum Gasteiger partial charge on any atom is -0.496 e. The lowest BCUT2D eigenvalue weighted by Gasteiger charge is -2.17. The SMILES string of the molecule is CCCCNc1cc(C)c(Oc2ccc(OC)c(C(C)C)c2)c(C)c1. The van der Waals surface area contributed by atoms with Crippen molar-refractivity contribution in [3.05, 3.63) is 47.0 Å². The van der Waals surface area contributed by atoms with Crippen LogP contribution in [0.15, 0.2) is 30.3 Å². The molecule has 25 heavy (non-hydrogen) atoms. The molecule has 1 N–H and O–H groups in total. The predicted molar refractivity (Wildman–Crippen MR) is 106 cm³/mol. The van der Waals surface area contributed by atoms with Gasteiger partial charge in [0.05, 0.1) is 7.11 Å². The van der Waals surface area contributed by atoms with Crippen LogP contribution in [0.4, 0.5) is 5.69 Å². The third kappa shape index (κ3) is 4.91. The normalized spacial score (nSPS) is 10.8. The van der Waals surface area contributed by atoms with Gasteiger partial charge in [0.1, 0.15) is 17.2 Å². The second kappa shape index (κ2) is 8.80. The van der Waals surface area contributed by atoms with Crippen LogP contribution >= 0.6 is 0 Å². The third-order valence-electron chi connectivity index (χ3n) is 4.36. The van der Waals surface area contributed by atoms with Crippen molar-refractivity contribution in [2.24, 2.45) is 0 Å². The van der Waals surface area contributed by atoms with Crippen LogP contribution in [0.25, 0.3) is 0 Å². The first-order chi connectivity index (χ1) is 12.0. The Morgan fingerprint density at radius 3 is 2.28 bits per heavy atom. The van der Waals surface area contributed by atoms with Gasteiger partial charge in [-0.1, -0.05) is 27.2 Å². The summed E-state index contributed by atoms with van der Waals surface area (Å²) in [6.45, 7) is 11.7. The van der Waals surface area contributed by atoms with Crippen LogP contribution in [-0.2, 0) is 0 Å². The zero-order valence-electron chi connectivity index (χ0n) is 16.4. The summed E-state index contributed by atoms with van der Waals surface area (Å²) in [6.07, 6.45) is 2.38. The molecule has 0 amide bonds. The average Bonchev–Trinajstić information content (AvgIpc) is 2.58. The molecule has 3 nitrogen and oxygen atoms in total. The molecule has 0 radical (unpaired) electrons. The summed E-state index contributed by atoms with van der Waals surface area (Å²) in [5, 5.41) is 3.49. The number of aryl methyl sites for hydroxylation is 2. The Morgan fingerprint density at radius 1 is 1.04 bits per heavy atom. The average molecular weight is 341 g/mol. The van der Waals surface area contributed by atoms with Gasteiger partial charge in [-0.25, -0.2) is 0 Å². The Labute approximate surface area is 152 Å². The van der Waals surface area contributed by atoms with Crippen molar-refractivity contribution in [3.8, 4) is 17.2 Å². The van der Waals surface area contributed by atoms with E-state index in [2.05, 4.69) is 58.1 Å². The highest BCUT2D eigenvalue weighted by Crippen LogP contribution is 2.35. The lowest BCUT2D eigenvalue weighted by molar-refractivity contribution is 0.405. The summed E-state index contributed by atoms with van der Waals surface area (Å²) < 4.78 is 11.7. The maximum atomic E-state index is 6.23. The van der Waals surface area contributed by atoms with Crippen LogP contribution in [0, 0.1) is 13.8 Å². The smallest absolute Gasteiger partial charge is 0.133 e. The van der Waals surface area contributed by atoms with Gasteiger partial charge in [0.25, 0.3) is 0 Å². The molecule has 2 rings (SSSR count). The first-order valence-corrected chi connectivity index (χ1v) is 9.17. The second-order valence-electron chi connectivity index (χ2n) is 6.88. The lowest BCUT2D eigenvalue weighted by atomic mass is 10.0. The molecule has 0 spiro atoms. The maximum Gasteiger partial charge on any atom is 0.133 e. The van der Waals surface area contributed by atoms with Gasteiger partial charge in [-0.15, -0.1) is 0 Å². The van der Waals surface area contributed by atoms with Crippen molar-refractivity contribution >= 4 is 5.69 Å². The van der Waals surface area contributed by atoms with Crippen molar-refractivity contribution in [1.29, 1.82) is 0 Å². The molecule has 0 heterocycles. The van der Waals surface area contributed by atoms with Crippen LogP contribution < -0.4 is 14.8 Å². The van der Waals surface area contributed by atoms with E-state index in [1.54, 1.807) is 7.11 Å². The van der Waals surface area contributed by atoms with Crippen LogP contribution in [0.5, 0.6) is 17.2 Å². The second-order valence-corrected chi connectivity index (χ2v) is 6.88. The molecule has 2 aromatic rings.